The van der Waals surface area contributed by atoms with Crippen molar-refractivity contribution >= 4 is 57.4 Å². The average molecular weight is 222 g/mol. The predicted octanol–water partition coefficient (Wildman–Crippen LogP) is -1.40. The van der Waals surface area contributed by atoms with Crippen molar-refractivity contribution in [2.75, 3.05) is 0 Å². The second-order valence-corrected chi connectivity index (χ2v) is 1.54. The summed E-state index contributed by atoms with van der Waals surface area (Å²) in [5.74, 6) is -2.50. The van der Waals surface area contributed by atoms with E-state index in [2.05, 4.69) is 0 Å². The van der Waals surface area contributed by atoms with E-state index in [4.69, 9.17) is 15.9 Å². The van der Waals surface area contributed by atoms with E-state index in [1.807, 2.05) is 0 Å². The van der Waals surface area contributed by atoms with Crippen molar-refractivity contribution < 1.29 is 21.2 Å². The Kier molecular flexibility index (Phi) is 7.95. The van der Waals surface area contributed by atoms with Gasteiger partial charge >= 0.3 is 58.8 Å². The maximum Gasteiger partial charge on any atom is 2.00 e. The van der Waals surface area contributed by atoms with E-state index in [0.717, 1.165) is 0 Å². The smallest absolute Gasteiger partial charge is 0.481 e. The first-order chi connectivity index (χ1) is 4.04. The minimum atomic E-state index is -1.29. The molecule has 1 unspecified atom stereocenters. The summed E-state index contributed by atoms with van der Waals surface area (Å²) in [5, 5.41) is 16.0. The second kappa shape index (κ2) is 6.11. The molecule has 0 aliphatic rings. The first kappa shape index (κ1) is 13.0. The molecule has 0 aromatic carbocycles. The van der Waals surface area contributed by atoms with Gasteiger partial charge in [-0.3, -0.25) is 9.59 Å². The van der Waals surface area contributed by atoms with E-state index in [0.29, 0.717) is 0 Å². The van der Waals surface area contributed by atoms with Crippen molar-refractivity contribution in [2.45, 2.75) is 12.5 Å². The molecule has 0 fully saturated rings. The van der Waals surface area contributed by atoms with Crippen LogP contribution in [0.2, 0.25) is 0 Å². The largest absolute Gasteiger partial charge is 2.00 e. The van der Waals surface area contributed by atoms with Gasteiger partial charge in [0, 0.05) is 0 Å². The van der Waals surface area contributed by atoms with Gasteiger partial charge in [0.1, 0.15) is 6.04 Å². The van der Waals surface area contributed by atoms with Crippen LogP contribution >= 0.6 is 0 Å². The molecule has 0 aromatic heterocycles. The van der Waals surface area contributed by atoms with E-state index in [9.17, 15) is 9.59 Å². The Morgan fingerprint density at radius 2 is 1.90 bits per heavy atom. The van der Waals surface area contributed by atoms with Gasteiger partial charge in [0.05, 0.1) is 6.42 Å². The molecule has 0 aliphatic heterocycles. The Labute approximate surface area is 96.0 Å². The number of hydrogen-bond donors (Lipinski definition) is 3. The maximum atomic E-state index is 9.85. The van der Waals surface area contributed by atoms with E-state index in [1.54, 1.807) is 0 Å². The molecule has 0 heterocycles. The summed E-state index contributed by atoms with van der Waals surface area (Å²) in [7, 11) is 0. The van der Waals surface area contributed by atoms with Crippen LogP contribution in [0.15, 0.2) is 0 Å². The molecule has 10 heavy (non-hydrogen) atoms. The van der Waals surface area contributed by atoms with Gasteiger partial charge in [-0.1, -0.05) is 0 Å². The average Bonchev–Trinajstić information content (AvgIpc) is 1.63. The van der Waals surface area contributed by atoms with E-state index in [1.165, 1.54) is 0 Å². The van der Waals surface area contributed by atoms with Crippen molar-refractivity contribution in [2.24, 2.45) is 5.73 Å². The molecule has 0 bridgehead atoms. The van der Waals surface area contributed by atoms with Crippen LogP contribution in [0.5, 0.6) is 0 Å². The number of hydrogen-bond acceptors (Lipinski definition) is 3. The third-order valence-corrected chi connectivity index (χ3v) is 0.712. The first-order valence-corrected chi connectivity index (χ1v) is 2.24. The zero-order valence-corrected chi connectivity index (χ0v) is 8.76. The summed E-state index contributed by atoms with van der Waals surface area (Å²) >= 11 is 0. The Balaban J connectivity index is -0.000000320. The van der Waals surface area contributed by atoms with E-state index in [-0.39, 0.29) is 46.9 Å². The quantitative estimate of drug-likeness (QED) is 0.510. The molecule has 0 aromatic rings. The van der Waals surface area contributed by atoms with E-state index < -0.39 is 24.4 Å². The third kappa shape index (κ3) is 6.50. The Morgan fingerprint density at radius 3 is 2.00 bits per heavy atom. The van der Waals surface area contributed by atoms with Crippen LogP contribution < -0.4 is 5.73 Å². The van der Waals surface area contributed by atoms with Crippen LogP contribution in [-0.2, 0) is 9.59 Å². The van der Waals surface area contributed by atoms with Gasteiger partial charge < -0.3 is 15.9 Å². The predicted molar refractivity (Wildman–Crippen MR) is 34.7 cm³/mol. The molecular weight excluding hydrogens is 214 g/mol. The van der Waals surface area contributed by atoms with Crippen molar-refractivity contribution in [1.29, 1.82) is 0 Å². The van der Waals surface area contributed by atoms with Crippen LogP contribution in [0, 0.1) is 0 Å². The molecule has 0 saturated carbocycles. The molecule has 6 heteroatoms. The van der Waals surface area contributed by atoms with Crippen LogP contribution in [0.4, 0.5) is 0 Å². The zero-order valence-electron chi connectivity index (χ0n) is 6.28. The number of rotatable bonds is 3. The molecule has 0 rings (SSSR count). The topological polar surface area (TPSA) is 101 Å². The molecule has 0 radical (unpaired) electrons. The van der Waals surface area contributed by atoms with E-state index >= 15 is 0 Å². The van der Waals surface area contributed by atoms with Gasteiger partial charge in [-0.15, -0.1) is 0 Å². The molecule has 0 amide bonds. The van der Waals surface area contributed by atoms with Gasteiger partial charge in [0.2, 0.25) is 0 Å². The fourth-order valence-electron chi connectivity index (χ4n) is 0.275. The molecule has 1 atom stereocenters. The normalized spacial score (nSPS) is 11.3. The van der Waals surface area contributed by atoms with Crippen molar-refractivity contribution in [3.63, 3.8) is 0 Å². The molecule has 4 N–H and O–H groups in total. The minimum Gasteiger partial charge on any atom is -0.481 e. The maximum absolute atomic E-state index is 9.85. The minimum absolute atomic E-state index is 0. The standard InChI is InChI=1S/C4H7NO4.Sr/c5-2(4(8)9)1-3(6)7;/h2H,1,5H2,(H,6,7)(H,8,9);/q;+2/p+1. The molecular formula is C4H8NO4Sr+3. The SMILES string of the molecule is NC(CC(=O)O)C(=O)O.[H+].[Sr+2]. The Bertz CT molecular complexity index is 142. The molecule has 0 aliphatic carbocycles. The number of carbonyl (C=O) groups is 2. The van der Waals surface area contributed by atoms with Gasteiger partial charge in [0.25, 0.3) is 0 Å². The van der Waals surface area contributed by atoms with Gasteiger partial charge in [-0.25, -0.2) is 0 Å². The second-order valence-electron chi connectivity index (χ2n) is 1.54. The van der Waals surface area contributed by atoms with Crippen LogP contribution in [0.1, 0.15) is 7.85 Å². The van der Waals surface area contributed by atoms with Crippen LogP contribution in [0.3, 0.4) is 0 Å². The Hall–Kier alpha value is 0.381. The number of carboxylic acid groups (broad SMARTS) is 2. The first-order valence-electron chi connectivity index (χ1n) is 2.24. The molecule has 52 valence electrons. The fourth-order valence-corrected chi connectivity index (χ4v) is 0.275. The summed E-state index contributed by atoms with van der Waals surface area (Å²) in [4.78, 5) is 19.6. The van der Waals surface area contributed by atoms with Crippen molar-refractivity contribution in [1.82, 2.24) is 0 Å². The fraction of sp³-hybridized carbons (Fsp3) is 0.500. The number of carboxylic acids is 2. The van der Waals surface area contributed by atoms with Crippen molar-refractivity contribution in [3.8, 4) is 0 Å². The van der Waals surface area contributed by atoms with Crippen LogP contribution in [-0.4, -0.2) is 73.7 Å². The van der Waals surface area contributed by atoms with Gasteiger partial charge in [-0.2, -0.15) is 0 Å². The van der Waals surface area contributed by atoms with Gasteiger partial charge in [0.15, 0.2) is 0 Å². The third-order valence-electron chi connectivity index (χ3n) is 0.712. The number of nitrogens with two attached hydrogens (primary N) is 1. The molecule has 5 nitrogen and oxygen atoms in total. The monoisotopic (exact) mass is 222 g/mol. The summed E-state index contributed by atoms with van der Waals surface area (Å²) in [6.07, 6.45) is -0.532. The zero-order chi connectivity index (χ0) is 7.44. The molecule has 0 spiro atoms. The molecule has 0 saturated heterocycles. The number of aliphatic carboxylic acids is 2. The van der Waals surface area contributed by atoms with Gasteiger partial charge in [-0.05, 0) is 0 Å². The van der Waals surface area contributed by atoms with Crippen LogP contribution in [0.25, 0.3) is 0 Å². The summed E-state index contributed by atoms with van der Waals surface area (Å²) < 4.78 is 0. The summed E-state index contributed by atoms with van der Waals surface area (Å²) in [5.41, 5.74) is 4.84. The summed E-state index contributed by atoms with van der Waals surface area (Å²) in [6, 6.07) is -1.29. The Morgan fingerprint density at radius 1 is 1.50 bits per heavy atom. The van der Waals surface area contributed by atoms with Crippen molar-refractivity contribution in [3.05, 3.63) is 0 Å². The summed E-state index contributed by atoms with van der Waals surface area (Å²) in [6.45, 7) is 0.